The summed E-state index contributed by atoms with van der Waals surface area (Å²) in [5.41, 5.74) is 0.200. The highest BCUT2D eigenvalue weighted by molar-refractivity contribution is 4.99. The standard InChI is InChI=1S/C13H24N2O/c1-11(10-12-6-5-9-16-12)14-7-8-15-13(2,3)4/h5-6,9,11,14-15H,7-8,10H2,1-4H3. The van der Waals surface area contributed by atoms with Crippen LogP contribution in [0.25, 0.3) is 0 Å². The first-order chi connectivity index (χ1) is 7.47. The fourth-order valence-electron chi connectivity index (χ4n) is 1.56. The Kier molecular flexibility index (Phi) is 5.03. The second-order valence-electron chi connectivity index (χ2n) is 5.32. The topological polar surface area (TPSA) is 37.2 Å². The van der Waals surface area contributed by atoms with E-state index in [1.54, 1.807) is 6.26 Å². The number of furan rings is 1. The molecule has 0 aliphatic heterocycles. The molecule has 92 valence electrons. The first kappa shape index (κ1) is 13.3. The summed E-state index contributed by atoms with van der Waals surface area (Å²) in [5, 5.41) is 6.92. The summed E-state index contributed by atoms with van der Waals surface area (Å²) in [6, 6.07) is 4.40. The molecule has 0 saturated carbocycles. The van der Waals surface area contributed by atoms with Crippen LogP contribution >= 0.6 is 0 Å². The Morgan fingerprint density at radius 2 is 2.06 bits per heavy atom. The fourth-order valence-corrected chi connectivity index (χ4v) is 1.56. The molecule has 0 saturated heterocycles. The van der Waals surface area contributed by atoms with E-state index in [2.05, 4.69) is 38.3 Å². The van der Waals surface area contributed by atoms with E-state index < -0.39 is 0 Å². The molecule has 1 unspecified atom stereocenters. The van der Waals surface area contributed by atoms with Crippen LogP contribution in [0.15, 0.2) is 22.8 Å². The molecular formula is C13H24N2O. The summed E-state index contributed by atoms with van der Waals surface area (Å²) in [6.07, 6.45) is 2.67. The SMILES string of the molecule is CC(Cc1ccco1)NCCNC(C)(C)C. The van der Waals surface area contributed by atoms with E-state index in [0.717, 1.165) is 25.3 Å². The van der Waals surface area contributed by atoms with Gasteiger partial charge in [0.2, 0.25) is 0 Å². The van der Waals surface area contributed by atoms with Crippen molar-refractivity contribution in [2.24, 2.45) is 0 Å². The smallest absolute Gasteiger partial charge is 0.105 e. The molecule has 0 aliphatic rings. The molecule has 1 atom stereocenters. The van der Waals surface area contributed by atoms with E-state index in [0.29, 0.717) is 6.04 Å². The van der Waals surface area contributed by atoms with E-state index in [-0.39, 0.29) is 5.54 Å². The first-order valence-electron chi connectivity index (χ1n) is 5.98. The van der Waals surface area contributed by atoms with Crippen molar-refractivity contribution in [3.63, 3.8) is 0 Å². The highest BCUT2D eigenvalue weighted by Crippen LogP contribution is 2.03. The lowest BCUT2D eigenvalue weighted by atomic mass is 10.1. The Hall–Kier alpha value is -0.800. The van der Waals surface area contributed by atoms with E-state index in [1.165, 1.54) is 0 Å². The van der Waals surface area contributed by atoms with Crippen LogP contribution in [0, 0.1) is 0 Å². The Morgan fingerprint density at radius 3 is 2.62 bits per heavy atom. The van der Waals surface area contributed by atoms with Crippen molar-refractivity contribution in [3.8, 4) is 0 Å². The van der Waals surface area contributed by atoms with Gasteiger partial charge in [-0.3, -0.25) is 0 Å². The molecule has 0 amide bonds. The average molecular weight is 224 g/mol. The van der Waals surface area contributed by atoms with Gasteiger partial charge in [0.05, 0.1) is 6.26 Å². The van der Waals surface area contributed by atoms with Gasteiger partial charge in [-0.2, -0.15) is 0 Å². The third kappa shape index (κ3) is 5.93. The third-order valence-electron chi connectivity index (χ3n) is 2.36. The van der Waals surface area contributed by atoms with Gasteiger partial charge in [0, 0.05) is 31.1 Å². The summed E-state index contributed by atoms with van der Waals surface area (Å²) >= 11 is 0. The van der Waals surface area contributed by atoms with Gasteiger partial charge in [0.25, 0.3) is 0 Å². The summed E-state index contributed by atoms with van der Waals surface area (Å²) in [6.45, 7) is 10.7. The Labute approximate surface area is 98.6 Å². The molecule has 0 bridgehead atoms. The number of hydrogen-bond donors (Lipinski definition) is 2. The lowest BCUT2D eigenvalue weighted by molar-refractivity contribution is 0.404. The fraction of sp³-hybridized carbons (Fsp3) is 0.692. The Morgan fingerprint density at radius 1 is 1.31 bits per heavy atom. The van der Waals surface area contributed by atoms with Gasteiger partial charge >= 0.3 is 0 Å². The summed E-state index contributed by atoms with van der Waals surface area (Å²) in [4.78, 5) is 0. The average Bonchev–Trinajstić information content (AvgIpc) is 2.63. The van der Waals surface area contributed by atoms with Crippen molar-refractivity contribution in [2.45, 2.75) is 45.7 Å². The number of hydrogen-bond acceptors (Lipinski definition) is 3. The zero-order valence-electron chi connectivity index (χ0n) is 10.8. The van der Waals surface area contributed by atoms with Crippen LogP contribution in [0.5, 0.6) is 0 Å². The molecule has 0 aliphatic carbocycles. The molecule has 1 aromatic rings. The quantitative estimate of drug-likeness (QED) is 0.727. The monoisotopic (exact) mass is 224 g/mol. The minimum absolute atomic E-state index is 0.200. The molecule has 0 aromatic carbocycles. The van der Waals surface area contributed by atoms with E-state index in [9.17, 15) is 0 Å². The van der Waals surface area contributed by atoms with E-state index in [1.807, 2.05) is 12.1 Å². The summed E-state index contributed by atoms with van der Waals surface area (Å²) < 4.78 is 5.31. The van der Waals surface area contributed by atoms with Gasteiger partial charge in [0.1, 0.15) is 5.76 Å². The largest absolute Gasteiger partial charge is 0.469 e. The minimum atomic E-state index is 0.200. The molecule has 0 fully saturated rings. The van der Waals surface area contributed by atoms with Crippen LogP contribution in [0.4, 0.5) is 0 Å². The molecule has 3 nitrogen and oxygen atoms in total. The second-order valence-corrected chi connectivity index (χ2v) is 5.32. The maximum atomic E-state index is 5.31. The lowest BCUT2D eigenvalue weighted by Crippen LogP contribution is -2.42. The van der Waals surface area contributed by atoms with Crippen LogP contribution in [-0.4, -0.2) is 24.7 Å². The van der Waals surface area contributed by atoms with Crippen molar-refractivity contribution >= 4 is 0 Å². The van der Waals surface area contributed by atoms with Crippen molar-refractivity contribution in [3.05, 3.63) is 24.2 Å². The maximum Gasteiger partial charge on any atom is 0.105 e. The van der Waals surface area contributed by atoms with Crippen LogP contribution in [-0.2, 0) is 6.42 Å². The minimum Gasteiger partial charge on any atom is -0.469 e. The molecule has 0 spiro atoms. The molecule has 2 N–H and O–H groups in total. The number of nitrogens with one attached hydrogen (secondary N) is 2. The zero-order valence-corrected chi connectivity index (χ0v) is 10.8. The van der Waals surface area contributed by atoms with Crippen LogP contribution in [0.2, 0.25) is 0 Å². The van der Waals surface area contributed by atoms with Crippen molar-refractivity contribution in [2.75, 3.05) is 13.1 Å². The van der Waals surface area contributed by atoms with Crippen molar-refractivity contribution < 1.29 is 4.42 Å². The van der Waals surface area contributed by atoms with Gasteiger partial charge in [-0.05, 0) is 39.8 Å². The predicted molar refractivity (Wildman–Crippen MR) is 67.6 cm³/mol. The zero-order chi connectivity index (χ0) is 12.0. The number of rotatable bonds is 6. The molecular weight excluding hydrogens is 200 g/mol. The molecule has 16 heavy (non-hydrogen) atoms. The van der Waals surface area contributed by atoms with Crippen molar-refractivity contribution in [1.29, 1.82) is 0 Å². The van der Waals surface area contributed by atoms with Gasteiger partial charge < -0.3 is 15.1 Å². The molecule has 3 heteroatoms. The summed E-state index contributed by atoms with van der Waals surface area (Å²) in [5.74, 6) is 1.05. The van der Waals surface area contributed by atoms with Crippen LogP contribution < -0.4 is 10.6 Å². The molecule has 0 radical (unpaired) electrons. The van der Waals surface area contributed by atoms with Crippen LogP contribution in [0.3, 0.4) is 0 Å². The van der Waals surface area contributed by atoms with E-state index >= 15 is 0 Å². The normalized spacial score (nSPS) is 14.0. The van der Waals surface area contributed by atoms with Gasteiger partial charge in [-0.15, -0.1) is 0 Å². The Bertz CT molecular complexity index is 275. The molecule has 1 heterocycles. The van der Waals surface area contributed by atoms with Gasteiger partial charge in [-0.25, -0.2) is 0 Å². The Balaban J connectivity index is 2.09. The van der Waals surface area contributed by atoms with Gasteiger partial charge in [-0.1, -0.05) is 0 Å². The maximum absolute atomic E-state index is 5.31. The highest BCUT2D eigenvalue weighted by atomic mass is 16.3. The molecule has 1 rings (SSSR count). The third-order valence-corrected chi connectivity index (χ3v) is 2.36. The van der Waals surface area contributed by atoms with Crippen LogP contribution in [0.1, 0.15) is 33.5 Å². The van der Waals surface area contributed by atoms with Gasteiger partial charge in [0.15, 0.2) is 0 Å². The lowest BCUT2D eigenvalue weighted by Gasteiger charge is -2.21. The highest BCUT2D eigenvalue weighted by Gasteiger charge is 2.08. The second kappa shape index (κ2) is 6.06. The van der Waals surface area contributed by atoms with E-state index in [4.69, 9.17) is 4.42 Å². The molecule has 1 aromatic heterocycles. The first-order valence-corrected chi connectivity index (χ1v) is 5.98. The summed E-state index contributed by atoms with van der Waals surface area (Å²) in [7, 11) is 0. The van der Waals surface area contributed by atoms with Crippen molar-refractivity contribution in [1.82, 2.24) is 10.6 Å². The predicted octanol–water partition coefficient (Wildman–Crippen LogP) is 2.19.